The lowest BCUT2D eigenvalue weighted by molar-refractivity contribution is 0.402. The van der Waals surface area contributed by atoms with Gasteiger partial charge in [-0.25, -0.2) is 0 Å². The minimum atomic E-state index is 0.720. The van der Waals surface area contributed by atoms with E-state index in [1.54, 1.807) is 7.11 Å². The molecule has 1 atom stereocenters. The Bertz CT molecular complexity index is 345. The molecule has 21 heavy (non-hydrogen) atoms. The summed E-state index contributed by atoms with van der Waals surface area (Å²) in [5, 5.41) is 2.18. The lowest BCUT2D eigenvalue weighted by atomic mass is 9.93. The zero-order valence-corrected chi connectivity index (χ0v) is 15.1. The summed E-state index contributed by atoms with van der Waals surface area (Å²) in [5.74, 6) is 1.84. The van der Waals surface area contributed by atoms with Crippen LogP contribution in [-0.4, -0.2) is 7.11 Å². The standard InChI is InChI=1S/C19H34OS/c1-4-6-8-9-10-12-14-17(13-11-7-5-2)19-18(20-3)15-16-21-19/h15-17H,4-14H2,1-3H3. The Kier molecular flexibility index (Phi) is 10.7. The number of ether oxygens (including phenoxy) is 1. The second kappa shape index (κ2) is 12.1. The van der Waals surface area contributed by atoms with Crippen molar-refractivity contribution in [2.24, 2.45) is 0 Å². The summed E-state index contributed by atoms with van der Waals surface area (Å²) in [7, 11) is 1.80. The number of unbranched alkanes of at least 4 members (excludes halogenated alkanes) is 7. The predicted molar refractivity (Wildman–Crippen MR) is 95.7 cm³/mol. The van der Waals surface area contributed by atoms with Crippen LogP contribution in [0.3, 0.4) is 0 Å². The Morgan fingerprint density at radius 3 is 2.14 bits per heavy atom. The van der Waals surface area contributed by atoms with E-state index in [4.69, 9.17) is 4.74 Å². The molecule has 0 aliphatic rings. The SMILES string of the molecule is CCCCCCCCC(CCCCC)c1sccc1OC. The summed E-state index contributed by atoms with van der Waals surface area (Å²) >= 11 is 1.89. The van der Waals surface area contributed by atoms with Gasteiger partial charge >= 0.3 is 0 Å². The van der Waals surface area contributed by atoms with Crippen LogP contribution < -0.4 is 4.74 Å². The van der Waals surface area contributed by atoms with E-state index in [1.165, 1.54) is 75.5 Å². The van der Waals surface area contributed by atoms with Gasteiger partial charge in [-0.15, -0.1) is 11.3 Å². The fraction of sp³-hybridized carbons (Fsp3) is 0.789. The molecule has 1 aromatic heterocycles. The third kappa shape index (κ3) is 7.35. The topological polar surface area (TPSA) is 9.23 Å². The van der Waals surface area contributed by atoms with Crippen LogP contribution in [0.5, 0.6) is 5.75 Å². The maximum absolute atomic E-state index is 5.54. The number of hydrogen-bond donors (Lipinski definition) is 0. The van der Waals surface area contributed by atoms with E-state index >= 15 is 0 Å². The molecule has 2 heteroatoms. The molecule has 0 N–H and O–H groups in total. The van der Waals surface area contributed by atoms with Crippen LogP contribution in [0.15, 0.2) is 11.4 Å². The third-order valence-corrected chi connectivity index (χ3v) is 5.37. The Hall–Kier alpha value is -0.500. The lowest BCUT2D eigenvalue weighted by Gasteiger charge is -2.17. The highest BCUT2D eigenvalue weighted by atomic mass is 32.1. The van der Waals surface area contributed by atoms with Gasteiger partial charge in [0.2, 0.25) is 0 Å². The molecule has 0 fully saturated rings. The van der Waals surface area contributed by atoms with Crippen LogP contribution in [-0.2, 0) is 0 Å². The third-order valence-electron chi connectivity index (χ3n) is 4.31. The molecule has 1 unspecified atom stereocenters. The van der Waals surface area contributed by atoms with Crippen LogP contribution in [0.1, 0.15) is 95.3 Å². The van der Waals surface area contributed by atoms with Gasteiger partial charge in [0.15, 0.2) is 0 Å². The number of methoxy groups -OCH3 is 1. The average molecular weight is 311 g/mol. The lowest BCUT2D eigenvalue weighted by Crippen LogP contribution is -1.99. The molecule has 1 rings (SSSR count). The Labute approximate surface area is 136 Å². The molecular formula is C19H34OS. The highest BCUT2D eigenvalue weighted by Crippen LogP contribution is 2.38. The van der Waals surface area contributed by atoms with Crippen LogP contribution >= 0.6 is 11.3 Å². The summed E-state index contributed by atoms with van der Waals surface area (Å²) < 4.78 is 5.54. The van der Waals surface area contributed by atoms with Crippen molar-refractivity contribution < 1.29 is 4.74 Å². The first-order chi connectivity index (χ1) is 10.3. The van der Waals surface area contributed by atoms with Crippen molar-refractivity contribution in [1.29, 1.82) is 0 Å². The largest absolute Gasteiger partial charge is 0.496 e. The van der Waals surface area contributed by atoms with E-state index in [-0.39, 0.29) is 0 Å². The van der Waals surface area contributed by atoms with Crippen molar-refractivity contribution in [1.82, 2.24) is 0 Å². The van der Waals surface area contributed by atoms with Crippen molar-refractivity contribution in [3.8, 4) is 5.75 Å². The Balaban J connectivity index is 2.41. The maximum atomic E-state index is 5.54. The molecular weight excluding hydrogens is 276 g/mol. The normalized spacial score (nSPS) is 12.5. The molecule has 0 amide bonds. The second-order valence-electron chi connectivity index (χ2n) is 6.10. The van der Waals surface area contributed by atoms with E-state index in [1.807, 2.05) is 11.3 Å². The van der Waals surface area contributed by atoms with Gasteiger partial charge in [0.05, 0.1) is 7.11 Å². The number of thiophene rings is 1. The van der Waals surface area contributed by atoms with E-state index in [0.717, 1.165) is 11.7 Å². The van der Waals surface area contributed by atoms with Crippen LogP contribution in [0.25, 0.3) is 0 Å². The molecule has 0 aliphatic carbocycles. The van der Waals surface area contributed by atoms with Gasteiger partial charge in [0.25, 0.3) is 0 Å². The minimum absolute atomic E-state index is 0.720. The molecule has 1 nitrogen and oxygen atoms in total. The summed E-state index contributed by atoms with van der Waals surface area (Å²) in [6, 6.07) is 2.13. The van der Waals surface area contributed by atoms with Crippen LogP contribution in [0.2, 0.25) is 0 Å². The Morgan fingerprint density at radius 2 is 1.48 bits per heavy atom. The van der Waals surface area contributed by atoms with Crippen LogP contribution in [0.4, 0.5) is 0 Å². The molecule has 0 aliphatic heterocycles. The fourth-order valence-electron chi connectivity index (χ4n) is 2.99. The van der Waals surface area contributed by atoms with Gasteiger partial charge in [0.1, 0.15) is 5.75 Å². The number of hydrogen-bond acceptors (Lipinski definition) is 2. The molecule has 0 saturated carbocycles. The van der Waals surface area contributed by atoms with Crippen molar-refractivity contribution in [3.63, 3.8) is 0 Å². The summed E-state index contributed by atoms with van der Waals surface area (Å²) in [5.41, 5.74) is 0. The van der Waals surface area contributed by atoms with Crippen molar-refractivity contribution >= 4 is 11.3 Å². The quantitative estimate of drug-likeness (QED) is 0.351. The number of rotatable bonds is 13. The fourth-order valence-corrected chi connectivity index (χ4v) is 4.03. The van der Waals surface area contributed by atoms with Gasteiger partial charge in [0, 0.05) is 4.88 Å². The first kappa shape index (κ1) is 18.5. The van der Waals surface area contributed by atoms with Gasteiger partial charge < -0.3 is 4.74 Å². The first-order valence-corrected chi connectivity index (χ1v) is 9.82. The van der Waals surface area contributed by atoms with Crippen molar-refractivity contribution in [2.75, 3.05) is 7.11 Å². The first-order valence-electron chi connectivity index (χ1n) is 8.94. The second-order valence-corrected chi connectivity index (χ2v) is 7.05. The monoisotopic (exact) mass is 310 g/mol. The Morgan fingerprint density at radius 1 is 0.905 bits per heavy atom. The predicted octanol–water partition coefficient (Wildman–Crippen LogP) is 7.17. The van der Waals surface area contributed by atoms with E-state index in [2.05, 4.69) is 25.3 Å². The molecule has 0 spiro atoms. The van der Waals surface area contributed by atoms with E-state index < -0.39 is 0 Å². The molecule has 0 saturated heterocycles. The molecule has 1 aromatic rings. The van der Waals surface area contributed by atoms with E-state index in [9.17, 15) is 0 Å². The molecule has 0 aromatic carbocycles. The van der Waals surface area contributed by atoms with Crippen molar-refractivity contribution in [2.45, 2.75) is 90.4 Å². The molecule has 122 valence electrons. The summed E-state index contributed by atoms with van der Waals surface area (Å²) in [6.07, 6.45) is 15.1. The highest BCUT2D eigenvalue weighted by Gasteiger charge is 2.17. The molecule has 0 bridgehead atoms. The average Bonchev–Trinajstić information content (AvgIpc) is 2.97. The minimum Gasteiger partial charge on any atom is -0.496 e. The van der Waals surface area contributed by atoms with Crippen LogP contribution in [0, 0.1) is 0 Å². The van der Waals surface area contributed by atoms with Gasteiger partial charge in [-0.1, -0.05) is 71.6 Å². The maximum Gasteiger partial charge on any atom is 0.133 e. The smallest absolute Gasteiger partial charge is 0.133 e. The molecule has 1 heterocycles. The molecule has 0 radical (unpaired) electrons. The van der Waals surface area contributed by atoms with Crippen molar-refractivity contribution in [3.05, 3.63) is 16.3 Å². The zero-order chi connectivity index (χ0) is 15.3. The van der Waals surface area contributed by atoms with Gasteiger partial charge in [-0.3, -0.25) is 0 Å². The van der Waals surface area contributed by atoms with E-state index in [0.29, 0.717) is 0 Å². The highest BCUT2D eigenvalue weighted by molar-refractivity contribution is 7.10. The summed E-state index contributed by atoms with van der Waals surface area (Å²) in [6.45, 7) is 4.57. The zero-order valence-electron chi connectivity index (χ0n) is 14.3. The van der Waals surface area contributed by atoms with Gasteiger partial charge in [-0.2, -0.15) is 0 Å². The summed E-state index contributed by atoms with van der Waals surface area (Å²) in [4.78, 5) is 1.49. The van der Waals surface area contributed by atoms with Gasteiger partial charge in [-0.05, 0) is 30.2 Å².